The molecule has 0 aromatic heterocycles. The standard InChI is InChI=1S/C12H14O4/c1-4-5-8-7(2)9(13)6-10(14)11(8)12(15)16-3/h4,6,13-14H,1,5H2,2-3H3. The minimum absolute atomic E-state index is 0.0537. The molecule has 1 rings (SSSR count). The topological polar surface area (TPSA) is 66.8 Å². The number of allylic oxidation sites excluding steroid dienone is 1. The van der Waals surface area contributed by atoms with Crippen LogP contribution in [0.15, 0.2) is 18.7 Å². The Morgan fingerprint density at radius 2 is 2.12 bits per heavy atom. The minimum atomic E-state index is -0.627. The Morgan fingerprint density at radius 3 is 2.62 bits per heavy atom. The lowest BCUT2D eigenvalue weighted by Gasteiger charge is -2.12. The third kappa shape index (κ3) is 2.00. The largest absolute Gasteiger partial charge is 0.508 e. The highest BCUT2D eigenvalue weighted by Crippen LogP contribution is 2.32. The van der Waals surface area contributed by atoms with Crippen LogP contribution in [-0.2, 0) is 11.2 Å². The Bertz CT molecular complexity index is 435. The molecular weight excluding hydrogens is 208 g/mol. The van der Waals surface area contributed by atoms with Gasteiger partial charge < -0.3 is 14.9 Å². The van der Waals surface area contributed by atoms with Crippen molar-refractivity contribution in [1.82, 2.24) is 0 Å². The molecule has 0 aliphatic carbocycles. The van der Waals surface area contributed by atoms with Crippen LogP contribution < -0.4 is 0 Å². The van der Waals surface area contributed by atoms with Crippen molar-refractivity contribution < 1.29 is 19.7 Å². The molecule has 4 nitrogen and oxygen atoms in total. The van der Waals surface area contributed by atoms with Gasteiger partial charge in [0.15, 0.2) is 0 Å². The van der Waals surface area contributed by atoms with Crippen LogP contribution in [0, 0.1) is 6.92 Å². The number of methoxy groups -OCH3 is 1. The third-order valence-electron chi connectivity index (χ3n) is 2.41. The zero-order chi connectivity index (χ0) is 12.3. The summed E-state index contributed by atoms with van der Waals surface area (Å²) in [5.74, 6) is -0.966. The molecule has 0 saturated heterocycles. The van der Waals surface area contributed by atoms with E-state index in [1.54, 1.807) is 13.0 Å². The zero-order valence-corrected chi connectivity index (χ0v) is 9.28. The number of rotatable bonds is 3. The van der Waals surface area contributed by atoms with E-state index >= 15 is 0 Å². The van der Waals surface area contributed by atoms with E-state index in [-0.39, 0.29) is 17.1 Å². The van der Waals surface area contributed by atoms with Gasteiger partial charge in [0.1, 0.15) is 17.1 Å². The fraction of sp³-hybridized carbons (Fsp3) is 0.250. The predicted octanol–water partition coefficient (Wildman–Crippen LogP) is 1.92. The number of benzene rings is 1. The van der Waals surface area contributed by atoms with Gasteiger partial charge in [0.05, 0.1) is 7.11 Å². The summed E-state index contributed by atoms with van der Waals surface area (Å²) in [4.78, 5) is 11.5. The van der Waals surface area contributed by atoms with Crippen LogP contribution in [0.5, 0.6) is 11.5 Å². The summed E-state index contributed by atoms with van der Waals surface area (Å²) >= 11 is 0. The SMILES string of the molecule is C=CCc1c(C)c(O)cc(O)c1C(=O)OC. The molecule has 86 valence electrons. The predicted molar refractivity (Wildman–Crippen MR) is 59.7 cm³/mol. The van der Waals surface area contributed by atoms with E-state index in [4.69, 9.17) is 0 Å². The van der Waals surface area contributed by atoms with Crippen LogP contribution in [0.1, 0.15) is 21.5 Å². The van der Waals surface area contributed by atoms with Crippen molar-refractivity contribution in [3.8, 4) is 11.5 Å². The Labute approximate surface area is 93.8 Å². The maximum Gasteiger partial charge on any atom is 0.341 e. The lowest BCUT2D eigenvalue weighted by molar-refractivity contribution is 0.0596. The van der Waals surface area contributed by atoms with Gasteiger partial charge in [-0.2, -0.15) is 0 Å². The number of ether oxygens (including phenoxy) is 1. The highest BCUT2D eigenvalue weighted by Gasteiger charge is 2.20. The van der Waals surface area contributed by atoms with Gasteiger partial charge in [0.2, 0.25) is 0 Å². The maximum absolute atomic E-state index is 11.5. The number of aromatic hydroxyl groups is 2. The van der Waals surface area contributed by atoms with E-state index < -0.39 is 5.97 Å². The molecule has 0 saturated carbocycles. The molecule has 0 amide bonds. The van der Waals surface area contributed by atoms with E-state index in [2.05, 4.69) is 11.3 Å². The summed E-state index contributed by atoms with van der Waals surface area (Å²) in [6.07, 6.45) is 1.96. The van der Waals surface area contributed by atoms with Crippen molar-refractivity contribution in [2.24, 2.45) is 0 Å². The van der Waals surface area contributed by atoms with Gasteiger partial charge in [0, 0.05) is 6.07 Å². The van der Waals surface area contributed by atoms with Crippen molar-refractivity contribution in [2.75, 3.05) is 7.11 Å². The van der Waals surface area contributed by atoms with Crippen molar-refractivity contribution in [1.29, 1.82) is 0 Å². The third-order valence-corrected chi connectivity index (χ3v) is 2.41. The van der Waals surface area contributed by atoms with Crippen LogP contribution >= 0.6 is 0 Å². The number of esters is 1. The number of phenolic OH excluding ortho intramolecular Hbond substituents is 2. The van der Waals surface area contributed by atoms with E-state index in [1.165, 1.54) is 7.11 Å². The van der Waals surface area contributed by atoms with E-state index in [9.17, 15) is 15.0 Å². The molecule has 16 heavy (non-hydrogen) atoms. The number of carbonyl (C=O) groups is 1. The Balaban J connectivity index is 3.49. The van der Waals surface area contributed by atoms with Crippen molar-refractivity contribution in [3.05, 3.63) is 35.4 Å². The van der Waals surface area contributed by atoms with Gasteiger partial charge >= 0.3 is 5.97 Å². The summed E-state index contributed by atoms with van der Waals surface area (Å²) in [6.45, 7) is 5.23. The molecule has 0 spiro atoms. The molecule has 0 aliphatic rings. The number of hydrogen-bond donors (Lipinski definition) is 2. The van der Waals surface area contributed by atoms with Crippen LogP contribution in [0.3, 0.4) is 0 Å². The smallest absolute Gasteiger partial charge is 0.341 e. The molecule has 0 atom stereocenters. The molecule has 4 heteroatoms. The second-order valence-corrected chi connectivity index (χ2v) is 3.38. The van der Waals surface area contributed by atoms with Crippen molar-refractivity contribution in [2.45, 2.75) is 13.3 Å². The lowest BCUT2D eigenvalue weighted by atomic mass is 9.97. The summed E-state index contributed by atoms with van der Waals surface area (Å²) in [5.41, 5.74) is 1.15. The zero-order valence-electron chi connectivity index (χ0n) is 9.28. The lowest BCUT2D eigenvalue weighted by Crippen LogP contribution is -2.07. The van der Waals surface area contributed by atoms with Crippen molar-refractivity contribution >= 4 is 5.97 Å². The molecule has 1 aromatic carbocycles. The molecule has 0 unspecified atom stereocenters. The Hall–Kier alpha value is -1.97. The molecule has 0 heterocycles. The first-order valence-electron chi connectivity index (χ1n) is 4.76. The number of phenols is 2. The van der Waals surface area contributed by atoms with Gasteiger partial charge in [-0.1, -0.05) is 6.08 Å². The van der Waals surface area contributed by atoms with E-state index in [1.807, 2.05) is 0 Å². The molecular formula is C12H14O4. The summed E-state index contributed by atoms with van der Waals surface area (Å²) in [7, 11) is 1.24. The Morgan fingerprint density at radius 1 is 1.50 bits per heavy atom. The van der Waals surface area contributed by atoms with Gasteiger partial charge in [-0.05, 0) is 24.5 Å². The molecule has 0 radical (unpaired) electrons. The minimum Gasteiger partial charge on any atom is -0.508 e. The highest BCUT2D eigenvalue weighted by atomic mass is 16.5. The van der Waals surface area contributed by atoms with Gasteiger partial charge in [-0.3, -0.25) is 0 Å². The first kappa shape index (κ1) is 12.1. The highest BCUT2D eigenvalue weighted by molar-refractivity contribution is 5.95. The van der Waals surface area contributed by atoms with E-state index in [0.29, 0.717) is 17.5 Å². The van der Waals surface area contributed by atoms with Gasteiger partial charge in [-0.15, -0.1) is 6.58 Å². The fourth-order valence-corrected chi connectivity index (χ4v) is 1.54. The monoisotopic (exact) mass is 222 g/mol. The molecule has 0 fully saturated rings. The van der Waals surface area contributed by atoms with Crippen LogP contribution in [-0.4, -0.2) is 23.3 Å². The summed E-state index contributed by atoms with van der Waals surface area (Å²) in [5, 5.41) is 19.2. The molecule has 0 bridgehead atoms. The van der Waals surface area contributed by atoms with Gasteiger partial charge in [-0.25, -0.2) is 4.79 Å². The molecule has 0 aliphatic heterocycles. The summed E-state index contributed by atoms with van der Waals surface area (Å²) in [6, 6.07) is 1.13. The van der Waals surface area contributed by atoms with Gasteiger partial charge in [0.25, 0.3) is 0 Å². The number of hydrogen-bond acceptors (Lipinski definition) is 4. The maximum atomic E-state index is 11.5. The Kier molecular flexibility index (Phi) is 3.55. The normalized spacial score (nSPS) is 9.88. The van der Waals surface area contributed by atoms with Crippen LogP contribution in [0.25, 0.3) is 0 Å². The van der Waals surface area contributed by atoms with Crippen molar-refractivity contribution in [3.63, 3.8) is 0 Å². The second-order valence-electron chi connectivity index (χ2n) is 3.38. The molecule has 1 aromatic rings. The number of carbonyl (C=O) groups excluding carboxylic acids is 1. The van der Waals surface area contributed by atoms with Crippen LogP contribution in [0.2, 0.25) is 0 Å². The molecule has 2 N–H and O–H groups in total. The first-order valence-corrected chi connectivity index (χ1v) is 4.76. The van der Waals surface area contributed by atoms with E-state index in [0.717, 1.165) is 6.07 Å². The van der Waals surface area contributed by atoms with Crippen LogP contribution in [0.4, 0.5) is 0 Å². The first-order chi connectivity index (χ1) is 7.52. The average Bonchev–Trinajstić information content (AvgIpc) is 2.25. The fourth-order valence-electron chi connectivity index (χ4n) is 1.54. The quantitative estimate of drug-likeness (QED) is 0.605. The average molecular weight is 222 g/mol. The summed E-state index contributed by atoms with van der Waals surface area (Å²) < 4.78 is 4.58. The second kappa shape index (κ2) is 4.70.